The number of nitrogens with one attached hydrogen (secondary N) is 2. The van der Waals surface area contributed by atoms with E-state index in [9.17, 15) is 4.39 Å². The molecular weight excluding hydrogens is 341 g/mol. The Hall–Kier alpha value is -1.53. The zero-order valence-electron chi connectivity index (χ0n) is 10.5. The van der Waals surface area contributed by atoms with E-state index in [1.54, 1.807) is 24.4 Å². The van der Waals surface area contributed by atoms with Gasteiger partial charge in [-0.05, 0) is 45.8 Å². The van der Waals surface area contributed by atoms with Crippen molar-refractivity contribution in [3.63, 3.8) is 0 Å². The fourth-order valence-corrected chi connectivity index (χ4v) is 1.99. The van der Waals surface area contributed by atoms with Crippen LogP contribution in [0, 0.1) is 0 Å². The molecule has 2 aromatic rings. The van der Waals surface area contributed by atoms with E-state index in [0.717, 1.165) is 4.47 Å². The van der Waals surface area contributed by atoms with Crippen molar-refractivity contribution in [2.24, 2.45) is 0 Å². The number of thiocarbonyl (C=S) groups is 1. The Morgan fingerprint density at radius 1 is 1.25 bits per heavy atom. The summed E-state index contributed by atoms with van der Waals surface area (Å²) in [6, 6.07) is 12.6. The molecule has 0 aliphatic heterocycles. The molecule has 1 heterocycles. The lowest BCUT2D eigenvalue weighted by Crippen LogP contribution is -2.31. The summed E-state index contributed by atoms with van der Waals surface area (Å²) in [4.78, 5) is 4.12. The normalized spacial score (nSPS) is 11.7. The van der Waals surface area contributed by atoms with Crippen molar-refractivity contribution >= 4 is 39.1 Å². The first-order valence-electron chi connectivity index (χ1n) is 6.00. The second-order valence-corrected chi connectivity index (χ2v) is 5.40. The average Bonchev–Trinajstić information content (AvgIpc) is 2.48. The first-order valence-corrected chi connectivity index (χ1v) is 7.20. The minimum atomic E-state index is -1.10. The first kappa shape index (κ1) is 14.9. The Labute approximate surface area is 130 Å². The summed E-state index contributed by atoms with van der Waals surface area (Å²) in [5.74, 6) is 0.612. The molecule has 1 aromatic carbocycles. The zero-order chi connectivity index (χ0) is 14.4. The number of hydrogen-bond acceptors (Lipinski definition) is 2. The van der Waals surface area contributed by atoms with E-state index in [4.69, 9.17) is 12.2 Å². The van der Waals surface area contributed by atoms with Crippen molar-refractivity contribution in [2.75, 3.05) is 11.9 Å². The quantitative estimate of drug-likeness (QED) is 0.818. The summed E-state index contributed by atoms with van der Waals surface area (Å²) in [6.07, 6.45) is 0.557. The van der Waals surface area contributed by atoms with Crippen LogP contribution >= 0.6 is 28.1 Å². The van der Waals surface area contributed by atoms with Crippen molar-refractivity contribution in [1.29, 1.82) is 0 Å². The van der Waals surface area contributed by atoms with Crippen LogP contribution in [0.3, 0.4) is 0 Å². The molecule has 0 aliphatic rings. The molecule has 0 saturated carbocycles. The van der Waals surface area contributed by atoms with E-state index in [2.05, 4.69) is 31.5 Å². The Morgan fingerprint density at radius 3 is 2.65 bits per heavy atom. The molecule has 2 N–H and O–H groups in total. The molecule has 2 rings (SSSR count). The van der Waals surface area contributed by atoms with Crippen molar-refractivity contribution in [3.8, 4) is 0 Å². The van der Waals surface area contributed by atoms with Gasteiger partial charge < -0.3 is 10.6 Å². The third-order valence-corrected chi connectivity index (χ3v) is 3.29. The summed E-state index contributed by atoms with van der Waals surface area (Å²) < 4.78 is 14.8. The number of pyridine rings is 1. The van der Waals surface area contributed by atoms with Crippen molar-refractivity contribution in [3.05, 3.63) is 58.7 Å². The maximum atomic E-state index is 13.9. The molecule has 1 unspecified atom stereocenters. The highest BCUT2D eigenvalue weighted by Gasteiger charge is 2.09. The standard InChI is InChI=1S/C14H13BrFN3S/c15-11-6-7-13(17-8-11)19-14(20)18-9-12(16)10-4-2-1-3-5-10/h1-8,12H,9H2,(H2,17,18,19,20). The predicted octanol–water partition coefficient (Wildman–Crippen LogP) is 3.84. The molecule has 1 aromatic heterocycles. The Morgan fingerprint density at radius 2 is 2.00 bits per heavy atom. The maximum absolute atomic E-state index is 13.9. The molecule has 0 amide bonds. The monoisotopic (exact) mass is 353 g/mol. The van der Waals surface area contributed by atoms with Gasteiger partial charge in [0.25, 0.3) is 0 Å². The van der Waals surface area contributed by atoms with Crippen LogP contribution in [0.25, 0.3) is 0 Å². The van der Waals surface area contributed by atoms with Crippen LogP contribution in [0.15, 0.2) is 53.1 Å². The van der Waals surface area contributed by atoms with E-state index in [0.29, 0.717) is 16.5 Å². The SMILES string of the molecule is FC(CNC(=S)Nc1ccc(Br)cn1)c1ccccc1. The van der Waals surface area contributed by atoms with Gasteiger partial charge in [0, 0.05) is 10.7 Å². The van der Waals surface area contributed by atoms with Gasteiger partial charge in [-0.3, -0.25) is 0 Å². The molecule has 1 atom stereocenters. The van der Waals surface area contributed by atoms with Crippen LogP contribution in [0.2, 0.25) is 0 Å². The number of hydrogen-bond donors (Lipinski definition) is 2. The van der Waals surface area contributed by atoms with Crippen molar-refractivity contribution < 1.29 is 4.39 Å². The van der Waals surface area contributed by atoms with E-state index in [1.807, 2.05) is 24.3 Å². The van der Waals surface area contributed by atoms with E-state index in [-0.39, 0.29) is 6.54 Å². The largest absolute Gasteiger partial charge is 0.359 e. The number of rotatable bonds is 4. The number of alkyl halides is 1. The summed E-state index contributed by atoms with van der Waals surface area (Å²) in [5.41, 5.74) is 0.629. The summed E-state index contributed by atoms with van der Waals surface area (Å²) in [6.45, 7) is 0.117. The molecule has 3 nitrogen and oxygen atoms in total. The van der Waals surface area contributed by atoms with Gasteiger partial charge in [0.15, 0.2) is 5.11 Å². The van der Waals surface area contributed by atoms with Gasteiger partial charge in [-0.2, -0.15) is 0 Å². The molecule has 0 saturated heterocycles. The average molecular weight is 354 g/mol. The van der Waals surface area contributed by atoms with E-state index in [1.165, 1.54) is 0 Å². The van der Waals surface area contributed by atoms with Gasteiger partial charge >= 0.3 is 0 Å². The number of anilines is 1. The third-order valence-electron chi connectivity index (χ3n) is 2.57. The number of halogens is 2. The zero-order valence-corrected chi connectivity index (χ0v) is 12.9. The highest BCUT2D eigenvalue weighted by molar-refractivity contribution is 9.10. The molecule has 0 spiro atoms. The van der Waals surface area contributed by atoms with Crippen LogP contribution in [0.5, 0.6) is 0 Å². The van der Waals surface area contributed by atoms with E-state index >= 15 is 0 Å². The first-order chi connectivity index (χ1) is 9.65. The highest BCUT2D eigenvalue weighted by atomic mass is 79.9. The molecule has 104 valence electrons. The van der Waals surface area contributed by atoms with Crippen LogP contribution in [-0.4, -0.2) is 16.6 Å². The van der Waals surface area contributed by atoms with Gasteiger partial charge in [0.1, 0.15) is 12.0 Å². The van der Waals surface area contributed by atoms with Crippen LogP contribution < -0.4 is 10.6 Å². The maximum Gasteiger partial charge on any atom is 0.172 e. The lowest BCUT2D eigenvalue weighted by atomic mass is 10.1. The Kier molecular flexibility index (Phi) is 5.43. The third kappa shape index (κ3) is 4.54. The molecule has 20 heavy (non-hydrogen) atoms. The van der Waals surface area contributed by atoms with Gasteiger partial charge in [-0.25, -0.2) is 9.37 Å². The fourth-order valence-electron chi connectivity index (χ4n) is 1.57. The second kappa shape index (κ2) is 7.31. The Balaban J connectivity index is 1.82. The summed E-state index contributed by atoms with van der Waals surface area (Å²) >= 11 is 8.40. The van der Waals surface area contributed by atoms with Crippen molar-refractivity contribution in [1.82, 2.24) is 10.3 Å². The van der Waals surface area contributed by atoms with Gasteiger partial charge in [-0.1, -0.05) is 30.3 Å². The summed E-state index contributed by atoms with van der Waals surface area (Å²) in [5, 5.41) is 6.08. The predicted molar refractivity (Wildman–Crippen MR) is 86.5 cm³/mol. The van der Waals surface area contributed by atoms with Gasteiger partial charge in [0.05, 0.1) is 6.54 Å². The lowest BCUT2D eigenvalue weighted by molar-refractivity contribution is 0.343. The van der Waals surface area contributed by atoms with Crippen molar-refractivity contribution in [2.45, 2.75) is 6.17 Å². The van der Waals surface area contributed by atoms with E-state index < -0.39 is 6.17 Å². The second-order valence-electron chi connectivity index (χ2n) is 4.07. The molecule has 0 bridgehead atoms. The highest BCUT2D eigenvalue weighted by Crippen LogP contribution is 2.15. The smallest absolute Gasteiger partial charge is 0.172 e. The number of nitrogens with zero attached hydrogens (tertiary/aromatic N) is 1. The number of aromatic nitrogens is 1. The minimum absolute atomic E-state index is 0.117. The molecular formula is C14H13BrFN3S. The van der Waals surface area contributed by atoms with Crippen LogP contribution in [-0.2, 0) is 0 Å². The van der Waals surface area contributed by atoms with Crippen LogP contribution in [0.4, 0.5) is 10.2 Å². The molecule has 6 heteroatoms. The lowest BCUT2D eigenvalue weighted by Gasteiger charge is -2.13. The minimum Gasteiger partial charge on any atom is -0.359 e. The topological polar surface area (TPSA) is 37.0 Å². The summed E-state index contributed by atoms with van der Waals surface area (Å²) in [7, 11) is 0. The van der Waals surface area contributed by atoms with Gasteiger partial charge in [-0.15, -0.1) is 0 Å². The molecule has 0 radical (unpaired) electrons. The molecule has 0 fully saturated rings. The fraction of sp³-hybridized carbons (Fsp3) is 0.143. The molecule has 0 aliphatic carbocycles. The Bertz CT molecular complexity index is 562. The number of benzene rings is 1. The van der Waals surface area contributed by atoms with Crippen LogP contribution in [0.1, 0.15) is 11.7 Å². The van der Waals surface area contributed by atoms with Gasteiger partial charge in [0.2, 0.25) is 0 Å².